The second-order valence-electron chi connectivity index (χ2n) is 9.26. The molecule has 2 aromatic carbocycles. The number of carbonyl (C=O) groups excluding carboxylic acids is 1. The lowest BCUT2D eigenvalue weighted by atomic mass is 9.78. The molecule has 12 heteroatoms. The minimum absolute atomic E-state index is 0.0644. The van der Waals surface area contributed by atoms with Gasteiger partial charge in [-0.05, 0) is 42.0 Å². The molecule has 3 N–H and O–H groups in total. The monoisotopic (exact) mass is 555 g/mol. The van der Waals surface area contributed by atoms with Gasteiger partial charge in [-0.2, -0.15) is 13.2 Å². The lowest BCUT2D eigenvalue weighted by Gasteiger charge is -2.43. The number of rotatable bonds is 9. The summed E-state index contributed by atoms with van der Waals surface area (Å²) in [6, 6.07) is 10.8. The van der Waals surface area contributed by atoms with Crippen molar-refractivity contribution in [3.63, 3.8) is 0 Å². The number of hydrogen-bond donors (Lipinski definition) is 3. The van der Waals surface area contributed by atoms with Gasteiger partial charge in [-0.1, -0.05) is 18.2 Å². The highest BCUT2D eigenvalue weighted by Crippen LogP contribution is 2.37. The van der Waals surface area contributed by atoms with Gasteiger partial charge in [0.2, 0.25) is 0 Å². The Morgan fingerprint density at radius 1 is 1.03 bits per heavy atom. The number of carbonyl (C=O) groups is 1. The number of ether oxygens (including phenoxy) is 2. The Labute approximate surface area is 220 Å². The first kappa shape index (κ1) is 28.7. The van der Waals surface area contributed by atoms with Crippen LogP contribution in [0.4, 0.5) is 22.0 Å². The number of alkyl halides is 3. The van der Waals surface area contributed by atoms with Crippen molar-refractivity contribution < 1.29 is 50.9 Å². The van der Waals surface area contributed by atoms with Gasteiger partial charge in [0, 0.05) is 18.4 Å². The highest BCUT2D eigenvalue weighted by atomic mass is 19.4. The number of hydrogen-bond acceptors (Lipinski definition) is 6. The highest BCUT2D eigenvalue weighted by Gasteiger charge is 2.51. The maximum atomic E-state index is 14.1. The topological polar surface area (TPSA) is 101 Å². The van der Waals surface area contributed by atoms with E-state index in [1.54, 1.807) is 12.1 Å². The fraction of sp³-hybridized carbons (Fsp3) is 0.370. The molecule has 0 saturated heterocycles. The maximum Gasteiger partial charge on any atom is 0.416 e. The summed E-state index contributed by atoms with van der Waals surface area (Å²) in [5.41, 5.74) is -3.10. The van der Waals surface area contributed by atoms with E-state index >= 15 is 0 Å². The number of halogens is 5. The van der Waals surface area contributed by atoms with E-state index in [4.69, 9.17) is 13.9 Å². The SMILES string of the molecule is O=C(NCc1ccco1)[C@@]1(OCc2cccc(C(F)(F)F)c2)CC(OCc2c(F)cccc2F)[C@H](O)[C@H](O)C1. The fourth-order valence-corrected chi connectivity index (χ4v) is 4.42. The van der Waals surface area contributed by atoms with Crippen LogP contribution in [0.25, 0.3) is 0 Å². The van der Waals surface area contributed by atoms with E-state index in [9.17, 15) is 37.0 Å². The summed E-state index contributed by atoms with van der Waals surface area (Å²) in [4.78, 5) is 13.4. The van der Waals surface area contributed by atoms with Crippen LogP contribution in [-0.2, 0) is 40.2 Å². The van der Waals surface area contributed by atoms with Crippen molar-refractivity contribution in [2.75, 3.05) is 0 Å². The second kappa shape index (κ2) is 11.8. The normalized spacial score (nSPS) is 23.5. The van der Waals surface area contributed by atoms with Crippen molar-refractivity contribution in [3.05, 3.63) is 94.9 Å². The van der Waals surface area contributed by atoms with E-state index < -0.39 is 78.4 Å². The standard InChI is InChI=1S/C27H26F5NO6/c28-20-7-2-8-21(29)19(20)15-38-23-12-26(11-22(34)24(23)35,25(36)33-13-18-6-3-9-37-18)39-14-16-4-1-5-17(10-16)27(30,31)32/h1-10,22-24,34-35H,11-15H2,(H,33,36)/t22-,23?,24-,26+/m1/s1. The first-order chi connectivity index (χ1) is 18.5. The number of furan rings is 1. The van der Waals surface area contributed by atoms with Crippen molar-refractivity contribution in [3.8, 4) is 0 Å². The molecule has 4 rings (SSSR count). The maximum absolute atomic E-state index is 14.1. The molecule has 1 fully saturated rings. The van der Waals surface area contributed by atoms with Gasteiger partial charge in [-0.25, -0.2) is 8.78 Å². The lowest BCUT2D eigenvalue weighted by molar-refractivity contribution is -0.200. The van der Waals surface area contributed by atoms with E-state index in [0.29, 0.717) is 5.76 Å². The minimum Gasteiger partial charge on any atom is -0.467 e. The molecule has 0 bridgehead atoms. The minimum atomic E-state index is -4.60. The second-order valence-corrected chi connectivity index (χ2v) is 9.26. The molecule has 1 aliphatic carbocycles. The molecule has 39 heavy (non-hydrogen) atoms. The largest absolute Gasteiger partial charge is 0.467 e. The number of nitrogens with one attached hydrogen (secondary N) is 1. The number of benzene rings is 2. The zero-order chi connectivity index (χ0) is 28.2. The molecule has 1 amide bonds. The summed E-state index contributed by atoms with van der Waals surface area (Å²) in [5.74, 6) is -2.12. The van der Waals surface area contributed by atoms with Gasteiger partial charge >= 0.3 is 6.18 Å². The van der Waals surface area contributed by atoms with Gasteiger partial charge in [-0.15, -0.1) is 0 Å². The lowest BCUT2D eigenvalue weighted by Crippen LogP contribution is -2.60. The van der Waals surface area contributed by atoms with E-state index in [1.807, 2.05) is 0 Å². The van der Waals surface area contributed by atoms with Crippen LogP contribution in [0.2, 0.25) is 0 Å². The molecule has 1 unspecified atom stereocenters. The van der Waals surface area contributed by atoms with E-state index in [0.717, 1.165) is 24.3 Å². The predicted octanol–water partition coefficient (Wildman–Crippen LogP) is 4.25. The van der Waals surface area contributed by atoms with Crippen LogP contribution in [0.1, 0.15) is 35.3 Å². The van der Waals surface area contributed by atoms with E-state index in [1.165, 1.54) is 24.5 Å². The van der Waals surface area contributed by atoms with Gasteiger partial charge in [0.05, 0.1) is 43.8 Å². The van der Waals surface area contributed by atoms with Crippen LogP contribution in [0.3, 0.4) is 0 Å². The van der Waals surface area contributed by atoms with Gasteiger partial charge < -0.3 is 29.4 Å². The van der Waals surface area contributed by atoms with Gasteiger partial charge in [-0.3, -0.25) is 4.79 Å². The van der Waals surface area contributed by atoms with Gasteiger partial charge in [0.15, 0.2) is 5.60 Å². The fourth-order valence-electron chi connectivity index (χ4n) is 4.42. The summed E-state index contributed by atoms with van der Waals surface area (Å²) in [7, 11) is 0. The molecule has 1 saturated carbocycles. The Bertz CT molecular complexity index is 1250. The zero-order valence-corrected chi connectivity index (χ0v) is 20.5. The predicted molar refractivity (Wildman–Crippen MR) is 126 cm³/mol. The number of aliphatic hydroxyl groups excluding tert-OH is 2. The van der Waals surface area contributed by atoms with Gasteiger partial charge in [0.1, 0.15) is 23.5 Å². The summed E-state index contributed by atoms with van der Waals surface area (Å²) >= 11 is 0. The molecule has 7 nitrogen and oxygen atoms in total. The molecule has 0 aliphatic heterocycles. The van der Waals surface area contributed by atoms with E-state index in [-0.39, 0.29) is 18.5 Å². The molecule has 210 valence electrons. The Morgan fingerprint density at radius 2 is 1.74 bits per heavy atom. The third-order valence-corrected chi connectivity index (χ3v) is 6.53. The first-order valence-electron chi connectivity index (χ1n) is 12.0. The molecule has 1 aromatic heterocycles. The number of amides is 1. The van der Waals surface area contributed by atoms with Crippen LogP contribution < -0.4 is 5.32 Å². The summed E-state index contributed by atoms with van der Waals surface area (Å²) in [6.07, 6.45) is -8.42. The molecule has 4 atom stereocenters. The average Bonchev–Trinajstić information content (AvgIpc) is 3.42. The molecule has 0 spiro atoms. The van der Waals surface area contributed by atoms with Crippen LogP contribution in [0, 0.1) is 11.6 Å². The third kappa shape index (κ3) is 6.82. The highest BCUT2D eigenvalue weighted by molar-refractivity contribution is 5.85. The van der Waals surface area contributed by atoms with Crippen molar-refractivity contribution in [2.45, 2.75) is 62.7 Å². The molecule has 0 radical (unpaired) electrons. The Kier molecular flexibility index (Phi) is 8.70. The Morgan fingerprint density at radius 3 is 2.41 bits per heavy atom. The van der Waals surface area contributed by atoms with Crippen molar-refractivity contribution in [1.82, 2.24) is 5.32 Å². The molecule has 1 aliphatic rings. The summed E-state index contributed by atoms with van der Waals surface area (Å²) < 4.78 is 84.4. The molecular formula is C27H26F5NO6. The molecule has 3 aromatic rings. The molecular weight excluding hydrogens is 529 g/mol. The van der Waals surface area contributed by atoms with Crippen molar-refractivity contribution >= 4 is 5.91 Å². The van der Waals surface area contributed by atoms with Crippen molar-refractivity contribution in [1.29, 1.82) is 0 Å². The van der Waals surface area contributed by atoms with Crippen LogP contribution in [0.5, 0.6) is 0 Å². The molecule has 1 heterocycles. The van der Waals surface area contributed by atoms with E-state index in [2.05, 4.69) is 5.32 Å². The van der Waals surface area contributed by atoms with Crippen LogP contribution >= 0.6 is 0 Å². The van der Waals surface area contributed by atoms with Crippen LogP contribution in [0.15, 0.2) is 65.3 Å². The third-order valence-electron chi connectivity index (χ3n) is 6.53. The average molecular weight is 555 g/mol. The van der Waals surface area contributed by atoms with Crippen molar-refractivity contribution in [2.24, 2.45) is 0 Å². The zero-order valence-electron chi connectivity index (χ0n) is 20.5. The smallest absolute Gasteiger partial charge is 0.416 e. The Hall–Kier alpha value is -3.32. The quantitative estimate of drug-likeness (QED) is 0.342. The summed E-state index contributed by atoms with van der Waals surface area (Å²) in [5, 5.41) is 23.8. The Balaban J connectivity index is 1.57. The first-order valence-corrected chi connectivity index (χ1v) is 12.0. The van der Waals surface area contributed by atoms with Crippen LogP contribution in [-0.4, -0.2) is 40.0 Å². The van der Waals surface area contributed by atoms with Gasteiger partial charge in [0.25, 0.3) is 5.91 Å². The summed E-state index contributed by atoms with van der Waals surface area (Å²) in [6.45, 7) is -1.13. The number of aliphatic hydroxyl groups is 2.